The van der Waals surface area contributed by atoms with Crippen LogP contribution < -0.4 is 15.6 Å². The van der Waals surface area contributed by atoms with E-state index in [9.17, 15) is 37.8 Å². The van der Waals surface area contributed by atoms with Crippen LogP contribution in [0.1, 0.15) is 40.1 Å². The highest BCUT2D eigenvalue weighted by Crippen LogP contribution is 2.34. The number of carbonyl (C=O) groups is 2. The summed E-state index contributed by atoms with van der Waals surface area (Å²) in [7, 11) is 0. The number of piperazine rings is 1. The number of aliphatic hydroxyl groups excluding tert-OH is 1. The van der Waals surface area contributed by atoms with E-state index in [1.807, 2.05) is 0 Å². The maximum absolute atomic E-state index is 14.0. The van der Waals surface area contributed by atoms with Crippen LogP contribution in [0.4, 0.5) is 24.5 Å². The van der Waals surface area contributed by atoms with E-state index < -0.39 is 29.0 Å². The maximum atomic E-state index is 14.0. The zero-order valence-electron chi connectivity index (χ0n) is 25.3. The molecular formula is C30H30ClF3N8O5. The molecule has 0 aliphatic carbocycles. The van der Waals surface area contributed by atoms with E-state index in [1.165, 1.54) is 22.0 Å². The number of aromatic nitrogens is 5. The summed E-state index contributed by atoms with van der Waals surface area (Å²) in [5.74, 6) is -1.44. The number of pyridine rings is 1. The number of fused-ring (bicyclic) bond motifs is 1. The fourth-order valence-electron chi connectivity index (χ4n) is 5.39. The van der Waals surface area contributed by atoms with Gasteiger partial charge in [0.15, 0.2) is 22.6 Å². The van der Waals surface area contributed by atoms with Gasteiger partial charge < -0.3 is 29.9 Å². The second kappa shape index (κ2) is 13.5. The number of nitrogens with zero attached hydrogens (tertiary/aromatic N) is 7. The molecule has 17 heteroatoms. The van der Waals surface area contributed by atoms with Gasteiger partial charge >= 0.3 is 6.18 Å². The van der Waals surface area contributed by atoms with Gasteiger partial charge in [0, 0.05) is 44.9 Å². The first-order chi connectivity index (χ1) is 22.3. The highest BCUT2D eigenvalue weighted by atomic mass is 35.5. The fraction of sp³-hybridized carbons (Fsp3) is 0.367. The smallest absolute Gasteiger partial charge is 0.416 e. The SMILES string of the molecule is CCc1c(N2CCN(C(=O)c3ncnc(C)c3O)CC2)c(=O)c2nc(CCO)cnc2n1CC(=O)Nc1ccc(C(F)(F)F)cc1Cl. The van der Waals surface area contributed by atoms with Crippen LogP contribution in [0.2, 0.25) is 5.02 Å². The third-order valence-electron chi connectivity index (χ3n) is 7.75. The number of nitrogens with one attached hydrogen (secondary N) is 1. The predicted octanol–water partition coefficient (Wildman–Crippen LogP) is 2.97. The zero-order valence-corrected chi connectivity index (χ0v) is 26.1. The van der Waals surface area contributed by atoms with Gasteiger partial charge in [-0.15, -0.1) is 0 Å². The Labute approximate surface area is 270 Å². The average Bonchev–Trinajstić information content (AvgIpc) is 3.04. The van der Waals surface area contributed by atoms with Gasteiger partial charge in [-0.05, 0) is 31.5 Å². The van der Waals surface area contributed by atoms with E-state index in [0.29, 0.717) is 17.5 Å². The minimum atomic E-state index is -4.61. The summed E-state index contributed by atoms with van der Waals surface area (Å²) in [6.45, 7) is 3.54. The van der Waals surface area contributed by atoms with Crippen molar-refractivity contribution in [3.8, 4) is 5.75 Å². The lowest BCUT2D eigenvalue weighted by Crippen LogP contribution is -2.50. The van der Waals surface area contributed by atoms with E-state index in [1.54, 1.807) is 18.7 Å². The molecule has 248 valence electrons. The molecule has 1 aromatic carbocycles. The lowest BCUT2D eigenvalue weighted by atomic mass is 10.1. The molecule has 1 fully saturated rings. The summed E-state index contributed by atoms with van der Waals surface area (Å²) >= 11 is 6.06. The lowest BCUT2D eigenvalue weighted by molar-refractivity contribution is -0.137. The number of carbonyl (C=O) groups excluding carboxylic acids is 2. The number of aliphatic hydroxyl groups is 1. The molecule has 5 rings (SSSR count). The topological polar surface area (TPSA) is 167 Å². The van der Waals surface area contributed by atoms with E-state index in [0.717, 1.165) is 12.1 Å². The van der Waals surface area contributed by atoms with Gasteiger partial charge in [0.25, 0.3) is 5.91 Å². The third-order valence-corrected chi connectivity index (χ3v) is 8.07. The highest BCUT2D eigenvalue weighted by molar-refractivity contribution is 6.33. The average molecular weight is 675 g/mol. The van der Waals surface area contributed by atoms with E-state index in [4.69, 9.17) is 11.6 Å². The van der Waals surface area contributed by atoms with Crippen molar-refractivity contribution in [2.75, 3.05) is 43.0 Å². The standard InChI is InChI=1S/C30H30ClF3N8O5/c1-3-21-25(40-7-9-41(10-8-40)29(47)24-26(45)16(2)36-15-37-24)27(46)23-28(35-13-18(38-23)6-11-43)42(21)14-22(44)39-20-5-4-17(12-19(20)31)30(32,33)34/h4-5,12-13,15,43,45H,3,6-11,14H2,1-2H3,(H,39,44). The van der Waals surface area contributed by atoms with Crippen molar-refractivity contribution in [1.82, 2.24) is 29.4 Å². The molecule has 0 spiro atoms. The van der Waals surface area contributed by atoms with Crippen molar-refractivity contribution in [3.63, 3.8) is 0 Å². The Bertz CT molecular complexity index is 1910. The van der Waals surface area contributed by atoms with Crippen molar-refractivity contribution in [3.05, 3.63) is 74.3 Å². The van der Waals surface area contributed by atoms with Crippen LogP contribution in [-0.4, -0.2) is 84.2 Å². The summed E-state index contributed by atoms with van der Waals surface area (Å²) < 4.78 is 40.9. The van der Waals surface area contributed by atoms with Crippen molar-refractivity contribution in [1.29, 1.82) is 0 Å². The van der Waals surface area contributed by atoms with Gasteiger partial charge in [-0.3, -0.25) is 14.4 Å². The normalized spacial score (nSPS) is 13.7. The Morgan fingerprint density at radius 1 is 1.11 bits per heavy atom. The number of amides is 2. The first-order valence-corrected chi connectivity index (χ1v) is 14.9. The third kappa shape index (κ3) is 6.83. The number of aromatic hydroxyl groups is 1. The molecule has 0 bridgehead atoms. The number of anilines is 2. The molecule has 0 radical (unpaired) electrons. The lowest BCUT2D eigenvalue weighted by Gasteiger charge is -2.37. The van der Waals surface area contributed by atoms with Crippen molar-refractivity contribution < 1.29 is 33.0 Å². The molecule has 13 nitrogen and oxygen atoms in total. The van der Waals surface area contributed by atoms with Gasteiger partial charge in [-0.2, -0.15) is 13.2 Å². The molecule has 3 N–H and O–H groups in total. The summed E-state index contributed by atoms with van der Waals surface area (Å²) in [5.41, 5.74) is -0.187. The molecule has 4 aromatic rings. The van der Waals surface area contributed by atoms with Gasteiger partial charge in [-0.25, -0.2) is 19.9 Å². The number of hydrogen-bond donors (Lipinski definition) is 3. The molecule has 0 saturated carbocycles. The van der Waals surface area contributed by atoms with Crippen molar-refractivity contribution >= 4 is 46.0 Å². The Morgan fingerprint density at radius 3 is 2.47 bits per heavy atom. The maximum Gasteiger partial charge on any atom is 0.416 e. The molecule has 3 aromatic heterocycles. The molecule has 47 heavy (non-hydrogen) atoms. The summed E-state index contributed by atoms with van der Waals surface area (Å²) in [4.78, 5) is 60.4. The largest absolute Gasteiger partial charge is 0.504 e. The van der Waals surface area contributed by atoms with E-state index in [-0.39, 0.29) is 96.9 Å². The second-order valence-electron chi connectivity index (χ2n) is 10.7. The molecule has 1 saturated heterocycles. The van der Waals surface area contributed by atoms with Gasteiger partial charge in [0.05, 0.1) is 33.9 Å². The van der Waals surface area contributed by atoms with Gasteiger partial charge in [-0.1, -0.05) is 18.5 Å². The number of rotatable bonds is 8. The van der Waals surface area contributed by atoms with Gasteiger partial charge in [0.1, 0.15) is 18.6 Å². The predicted molar refractivity (Wildman–Crippen MR) is 166 cm³/mol. The second-order valence-corrected chi connectivity index (χ2v) is 11.2. The quantitative estimate of drug-likeness (QED) is 0.253. The highest BCUT2D eigenvalue weighted by Gasteiger charge is 2.32. The Hall–Kier alpha value is -4.83. The number of hydrogen-bond acceptors (Lipinski definition) is 10. The molecule has 4 heterocycles. The minimum absolute atomic E-state index is 0.0321. The summed E-state index contributed by atoms with van der Waals surface area (Å²) in [6, 6.07) is 2.58. The molecular weight excluding hydrogens is 645 g/mol. The summed E-state index contributed by atoms with van der Waals surface area (Å²) in [6.07, 6.45) is -1.61. The number of aryl methyl sites for hydroxylation is 1. The first kappa shape index (κ1) is 33.5. The van der Waals surface area contributed by atoms with Crippen molar-refractivity contribution in [2.24, 2.45) is 0 Å². The Balaban J connectivity index is 1.49. The van der Waals surface area contributed by atoms with Crippen molar-refractivity contribution in [2.45, 2.75) is 39.4 Å². The molecule has 1 aliphatic heterocycles. The summed E-state index contributed by atoms with van der Waals surface area (Å²) in [5, 5.41) is 22.0. The minimum Gasteiger partial charge on any atom is -0.504 e. The van der Waals surface area contributed by atoms with Crippen LogP contribution in [0.15, 0.2) is 35.5 Å². The van der Waals surface area contributed by atoms with Crippen LogP contribution in [-0.2, 0) is 30.4 Å². The fourth-order valence-corrected chi connectivity index (χ4v) is 5.62. The van der Waals surface area contributed by atoms with Crippen LogP contribution >= 0.6 is 11.6 Å². The monoisotopic (exact) mass is 674 g/mol. The molecule has 1 aliphatic rings. The van der Waals surface area contributed by atoms with Crippen LogP contribution in [0.3, 0.4) is 0 Å². The number of benzene rings is 1. The molecule has 0 unspecified atom stereocenters. The molecule has 0 atom stereocenters. The van der Waals surface area contributed by atoms with Crippen LogP contribution in [0.5, 0.6) is 5.75 Å². The Morgan fingerprint density at radius 2 is 1.83 bits per heavy atom. The molecule has 2 amide bonds. The van der Waals surface area contributed by atoms with E-state index >= 15 is 0 Å². The first-order valence-electron chi connectivity index (χ1n) is 14.6. The van der Waals surface area contributed by atoms with Gasteiger partial charge in [0.2, 0.25) is 11.3 Å². The number of halogens is 4. The van der Waals surface area contributed by atoms with E-state index in [2.05, 4.69) is 25.3 Å². The van der Waals surface area contributed by atoms with Crippen LogP contribution in [0, 0.1) is 6.92 Å². The number of alkyl halides is 3. The zero-order chi connectivity index (χ0) is 34.0. The Kier molecular flexibility index (Phi) is 9.63. The van der Waals surface area contributed by atoms with Crippen LogP contribution in [0.25, 0.3) is 11.2 Å².